The number of carbonyl (C=O) groups excluding carboxylic acids is 1. The Bertz CT molecular complexity index is 1580. The summed E-state index contributed by atoms with van der Waals surface area (Å²) in [5.41, 5.74) is 5.65. The highest BCUT2D eigenvalue weighted by atomic mass is 35.5. The van der Waals surface area contributed by atoms with Crippen LogP contribution in [0.25, 0.3) is 21.8 Å². The largest absolute Gasteiger partial charge is 0.489 e. The number of hydrogen-bond acceptors (Lipinski definition) is 4. The van der Waals surface area contributed by atoms with E-state index in [4.69, 9.17) is 16.3 Å². The van der Waals surface area contributed by atoms with Crippen LogP contribution in [0.3, 0.4) is 0 Å². The van der Waals surface area contributed by atoms with Crippen LogP contribution in [-0.2, 0) is 17.9 Å². The summed E-state index contributed by atoms with van der Waals surface area (Å²) in [6.45, 7) is 0.394. The van der Waals surface area contributed by atoms with E-state index in [0.29, 0.717) is 39.2 Å². The molecule has 0 bridgehead atoms. The normalized spacial score (nSPS) is 11.2. The number of rotatable bonds is 7. The standard InChI is InChI=1S/C29H22ClN3O3/c30-25-10-4-1-7-21(25)19-36-22-15-13-20(14-16-22)17-31-32-28(34)18-33-26-11-5-2-8-23(26)29(35)24-9-3-6-12-27(24)33/h1-17H,18-19H2,(H,32,34)/b31-17-. The van der Waals surface area contributed by atoms with E-state index in [0.717, 1.165) is 11.1 Å². The predicted molar refractivity (Wildman–Crippen MR) is 144 cm³/mol. The van der Waals surface area contributed by atoms with Gasteiger partial charge in [0.2, 0.25) is 0 Å². The molecule has 1 N–H and O–H groups in total. The molecule has 6 nitrogen and oxygen atoms in total. The monoisotopic (exact) mass is 495 g/mol. The van der Waals surface area contributed by atoms with Gasteiger partial charge in [0.25, 0.3) is 5.91 Å². The number of pyridine rings is 1. The quantitative estimate of drug-likeness (QED) is 0.183. The molecule has 1 aromatic heterocycles. The van der Waals surface area contributed by atoms with Crippen molar-refractivity contribution in [2.75, 3.05) is 0 Å². The van der Waals surface area contributed by atoms with E-state index < -0.39 is 0 Å². The fraction of sp³-hybridized carbons (Fsp3) is 0.0690. The first kappa shape index (κ1) is 23.3. The average molecular weight is 496 g/mol. The number of para-hydroxylation sites is 2. The first-order valence-electron chi connectivity index (χ1n) is 11.4. The number of benzene rings is 4. The smallest absolute Gasteiger partial charge is 0.260 e. The second kappa shape index (κ2) is 10.5. The van der Waals surface area contributed by atoms with Crippen LogP contribution in [0.2, 0.25) is 5.02 Å². The van der Waals surface area contributed by atoms with Crippen LogP contribution in [0.5, 0.6) is 5.75 Å². The fourth-order valence-corrected chi connectivity index (χ4v) is 4.22. The second-order valence-corrected chi connectivity index (χ2v) is 8.60. The van der Waals surface area contributed by atoms with Gasteiger partial charge >= 0.3 is 0 Å². The Balaban J connectivity index is 1.25. The molecule has 5 aromatic rings. The molecule has 0 aliphatic carbocycles. The Kier molecular flexibility index (Phi) is 6.78. The van der Waals surface area contributed by atoms with E-state index in [1.165, 1.54) is 0 Å². The Morgan fingerprint density at radius 2 is 1.47 bits per heavy atom. The zero-order valence-corrected chi connectivity index (χ0v) is 20.0. The van der Waals surface area contributed by atoms with Gasteiger partial charge in [0.15, 0.2) is 5.43 Å². The van der Waals surface area contributed by atoms with Gasteiger partial charge in [-0.3, -0.25) is 9.59 Å². The summed E-state index contributed by atoms with van der Waals surface area (Å²) in [5.74, 6) is 0.401. The number of ether oxygens (including phenoxy) is 1. The number of carbonyl (C=O) groups is 1. The molecular weight excluding hydrogens is 474 g/mol. The number of hydrogen-bond donors (Lipinski definition) is 1. The van der Waals surface area contributed by atoms with Gasteiger partial charge in [-0.25, -0.2) is 5.43 Å². The first-order chi connectivity index (χ1) is 17.6. The van der Waals surface area contributed by atoms with E-state index >= 15 is 0 Å². The van der Waals surface area contributed by atoms with Gasteiger partial charge in [0, 0.05) is 21.4 Å². The summed E-state index contributed by atoms with van der Waals surface area (Å²) < 4.78 is 7.63. The number of halogens is 1. The van der Waals surface area contributed by atoms with Crippen LogP contribution in [0.4, 0.5) is 0 Å². The van der Waals surface area contributed by atoms with E-state index in [1.807, 2.05) is 89.5 Å². The number of fused-ring (bicyclic) bond motifs is 2. The molecule has 0 spiro atoms. The van der Waals surface area contributed by atoms with Crippen molar-refractivity contribution in [3.05, 3.63) is 123 Å². The SMILES string of the molecule is O=C(Cn1c2ccccc2c(=O)c2ccccc21)N/N=C\c1ccc(OCc2ccccc2Cl)cc1. The van der Waals surface area contributed by atoms with Crippen molar-refractivity contribution in [1.82, 2.24) is 9.99 Å². The molecule has 0 atom stereocenters. The van der Waals surface area contributed by atoms with Gasteiger partial charge < -0.3 is 9.30 Å². The summed E-state index contributed by atoms with van der Waals surface area (Å²) in [4.78, 5) is 25.6. The van der Waals surface area contributed by atoms with Crippen molar-refractivity contribution in [1.29, 1.82) is 0 Å². The number of nitrogens with zero attached hydrogens (tertiary/aromatic N) is 2. The molecule has 1 amide bonds. The van der Waals surface area contributed by atoms with Crippen molar-refractivity contribution >= 4 is 45.5 Å². The fourth-order valence-electron chi connectivity index (χ4n) is 4.03. The molecular formula is C29H22ClN3O3. The first-order valence-corrected chi connectivity index (χ1v) is 11.8. The van der Waals surface area contributed by atoms with Crippen molar-refractivity contribution in [2.45, 2.75) is 13.2 Å². The van der Waals surface area contributed by atoms with E-state index in [-0.39, 0.29) is 17.9 Å². The minimum absolute atomic E-state index is 0.0213. The molecule has 5 rings (SSSR count). The molecule has 0 fully saturated rings. The van der Waals surface area contributed by atoms with Crippen LogP contribution in [0.1, 0.15) is 11.1 Å². The molecule has 0 unspecified atom stereocenters. The molecule has 4 aromatic carbocycles. The van der Waals surface area contributed by atoms with Gasteiger partial charge in [-0.2, -0.15) is 5.10 Å². The maximum atomic E-state index is 12.9. The lowest BCUT2D eigenvalue weighted by Crippen LogP contribution is -2.25. The summed E-state index contributed by atoms with van der Waals surface area (Å²) >= 11 is 6.17. The Morgan fingerprint density at radius 1 is 0.861 bits per heavy atom. The van der Waals surface area contributed by atoms with E-state index in [2.05, 4.69) is 10.5 Å². The van der Waals surface area contributed by atoms with Crippen LogP contribution in [0, 0.1) is 0 Å². The number of hydrazone groups is 1. The van der Waals surface area contributed by atoms with Crippen LogP contribution in [0.15, 0.2) is 107 Å². The van der Waals surface area contributed by atoms with E-state index in [9.17, 15) is 9.59 Å². The van der Waals surface area contributed by atoms with E-state index in [1.54, 1.807) is 18.3 Å². The van der Waals surface area contributed by atoms with Crippen molar-refractivity contribution in [3.8, 4) is 5.75 Å². The minimum Gasteiger partial charge on any atom is -0.489 e. The average Bonchev–Trinajstić information content (AvgIpc) is 2.91. The third-order valence-electron chi connectivity index (χ3n) is 5.82. The van der Waals surface area contributed by atoms with Gasteiger partial charge in [-0.05, 0) is 60.2 Å². The highest BCUT2D eigenvalue weighted by Gasteiger charge is 2.12. The van der Waals surface area contributed by atoms with Crippen molar-refractivity contribution < 1.29 is 9.53 Å². The zero-order valence-electron chi connectivity index (χ0n) is 19.2. The molecule has 1 heterocycles. The third-order valence-corrected chi connectivity index (χ3v) is 6.18. The lowest BCUT2D eigenvalue weighted by atomic mass is 10.1. The topological polar surface area (TPSA) is 72.7 Å². The van der Waals surface area contributed by atoms with Gasteiger partial charge in [-0.1, -0.05) is 54.1 Å². The minimum atomic E-state index is -0.301. The molecule has 0 saturated carbocycles. The number of nitrogens with one attached hydrogen (secondary N) is 1. The Labute approximate surface area is 212 Å². The maximum absolute atomic E-state index is 12.9. The highest BCUT2D eigenvalue weighted by molar-refractivity contribution is 6.31. The van der Waals surface area contributed by atoms with Crippen LogP contribution >= 0.6 is 11.6 Å². The second-order valence-electron chi connectivity index (χ2n) is 8.19. The molecule has 0 saturated heterocycles. The number of aromatic nitrogens is 1. The summed E-state index contributed by atoms with van der Waals surface area (Å²) in [6.07, 6.45) is 1.57. The van der Waals surface area contributed by atoms with Crippen LogP contribution < -0.4 is 15.6 Å². The molecule has 0 aliphatic heterocycles. The molecule has 0 aliphatic rings. The predicted octanol–water partition coefficient (Wildman–Crippen LogP) is 5.54. The Hall–Kier alpha value is -4.42. The van der Waals surface area contributed by atoms with Gasteiger partial charge in [0.1, 0.15) is 18.9 Å². The molecule has 7 heteroatoms. The summed E-state index contributed by atoms with van der Waals surface area (Å²) in [5, 5.41) is 5.91. The van der Waals surface area contributed by atoms with Gasteiger partial charge in [0.05, 0.1) is 17.2 Å². The third kappa shape index (κ3) is 4.99. The van der Waals surface area contributed by atoms with Crippen molar-refractivity contribution in [2.24, 2.45) is 5.10 Å². The highest BCUT2D eigenvalue weighted by Crippen LogP contribution is 2.20. The zero-order chi connectivity index (χ0) is 24.9. The van der Waals surface area contributed by atoms with Crippen LogP contribution in [-0.4, -0.2) is 16.7 Å². The van der Waals surface area contributed by atoms with Crippen molar-refractivity contribution in [3.63, 3.8) is 0 Å². The lowest BCUT2D eigenvalue weighted by Gasteiger charge is -2.14. The Morgan fingerprint density at radius 3 is 2.14 bits per heavy atom. The lowest BCUT2D eigenvalue weighted by molar-refractivity contribution is -0.121. The number of amides is 1. The van der Waals surface area contributed by atoms with Gasteiger partial charge in [-0.15, -0.1) is 0 Å². The molecule has 0 radical (unpaired) electrons. The summed E-state index contributed by atoms with van der Waals surface area (Å²) in [6, 6.07) is 29.5. The molecule has 36 heavy (non-hydrogen) atoms. The molecule has 178 valence electrons. The maximum Gasteiger partial charge on any atom is 0.260 e. The summed E-state index contributed by atoms with van der Waals surface area (Å²) in [7, 11) is 0.